The molecule has 5 rings (SSSR count). The number of hydrogen-bond donors (Lipinski definition) is 0. The fourth-order valence-electron chi connectivity index (χ4n) is 3.08. The van der Waals surface area contributed by atoms with Gasteiger partial charge in [0.1, 0.15) is 4.70 Å². The Morgan fingerprint density at radius 1 is 0.909 bits per heavy atom. The maximum atomic E-state index is 12.8. The van der Waals surface area contributed by atoms with E-state index in [2.05, 4.69) is 15.9 Å². The Morgan fingerprint density at radius 2 is 1.68 bits per heavy atom. The predicted octanol–water partition coefficient (Wildman–Crippen LogP) is 4.44. The van der Waals surface area contributed by atoms with Crippen molar-refractivity contribution in [3.05, 3.63) is 60.2 Å². The molecule has 0 radical (unpaired) electrons. The molecule has 22 heavy (non-hydrogen) atoms. The van der Waals surface area contributed by atoms with Crippen LogP contribution in [-0.2, 0) is 0 Å². The van der Waals surface area contributed by atoms with E-state index in [1.807, 2.05) is 29.6 Å². The third-order valence-corrected chi connectivity index (χ3v) is 6.79. The molecule has 0 aliphatic heterocycles. The van der Waals surface area contributed by atoms with Gasteiger partial charge in [-0.1, -0.05) is 18.2 Å². The van der Waals surface area contributed by atoms with Gasteiger partial charge in [-0.3, -0.25) is 9.59 Å². The lowest BCUT2D eigenvalue weighted by atomic mass is 10.1. The van der Waals surface area contributed by atoms with Crippen molar-refractivity contribution in [3.63, 3.8) is 0 Å². The van der Waals surface area contributed by atoms with Crippen LogP contribution in [0.25, 0.3) is 36.5 Å². The summed E-state index contributed by atoms with van der Waals surface area (Å²) in [5.74, 6) is 0. The average Bonchev–Trinajstić information content (AvgIpc) is 3.12. The molecule has 4 aromatic heterocycles. The highest BCUT2D eigenvalue weighted by Gasteiger charge is 2.21. The van der Waals surface area contributed by atoms with Gasteiger partial charge in [-0.25, -0.2) is 4.40 Å². The number of nitrogens with zero attached hydrogens (tertiary/aromatic N) is 1. The van der Waals surface area contributed by atoms with Gasteiger partial charge in [0, 0.05) is 21.5 Å². The van der Waals surface area contributed by atoms with E-state index in [9.17, 15) is 9.59 Å². The minimum Gasteiger partial charge on any atom is -0.268 e. The SMILES string of the molecule is O=c1c2ccccc2c2sc(Br)c3c4ccsc4c(=O)n1c23. The molecule has 0 aliphatic carbocycles. The number of hydrogen-bond acceptors (Lipinski definition) is 4. The fourth-order valence-corrected chi connectivity index (χ4v) is 5.86. The summed E-state index contributed by atoms with van der Waals surface area (Å²) in [5, 5.41) is 5.27. The quantitative estimate of drug-likeness (QED) is 0.368. The fraction of sp³-hybridized carbons (Fsp3) is 0. The summed E-state index contributed by atoms with van der Waals surface area (Å²) < 4.78 is 3.90. The molecular weight excluding hydrogens is 382 g/mol. The van der Waals surface area contributed by atoms with E-state index in [-0.39, 0.29) is 11.1 Å². The lowest BCUT2D eigenvalue weighted by Crippen LogP contribution is -2.26. The van der Waals surface area contributed by atoms with Gasteiger partial charge in [-0.15, -0.1) is 22.7 Å². The topological polar surface area (TPSA) is 38.5 Å². The zero-order valence-electron chi connectivity index (χ0n) is 10.9. The maximum absolute atomic E-state index is 12.8. The predicted molar refractivity (Wildman–Crippen MR) is 97.1 cm³/mol. The van der Waals surface area contributed by atoms with E-state index in [0.717, 1.165) is 30.2 Å². The van der Waals surface area contributed by atoms with E-state index in [1.165, 1.54) is 15.7 Å². The Hall–Kier alpha value is -1.76. The van der Waals surface area contributed by atoms with Gasteiger partial charge in [-0.05, 0) is 33.4 Å². The molecule has 6 heteroatoms. The second-order valence-corrected chi connectivity index (χ2v) is 8.34. The van der Waals surface area contributed by atoms with E-state index >= 15 is 0 Å². The van der Waals surface area contributed by atoms with Gasteiger partial charge in [0.25, 0.3) is 11.1 Å². The van der Waals surface area contributed by atoms with E-state index in [0.29, 0.717) is 10.1 Å². The summed E-state index contributed by atoms with van der Waals surface area (Å²) >= 11 is 6.58. The van der Waals surface area contributed by atoms with Crippen LogP contribution in [0.1, 0.15) is 0 Å². The van der Waals surface area contributed by atoms with Crippen molar-refractivity contribution in [2.24, 2.45) is 0 Å². The number of aromatic nitrogens is 1. The van der Waals surface area contributed by atoms with Crippen molar-refractivity contribution in [3.8, 4) is 0 Å². The summed E-state index contributed by atoms with van der Waals surface area (Å²) in [5.41, 5.74) is 0.277. The number of halogens is 1. The molecule has 0 spiro atoms. The summed E-state index contributed by atoms with van der Waals surface area (Å²) in [4.78, 5) is 25.6. The molecule has 0 N–H and O–H groups in total. The van der Waals surface area contributed by atoms with Crippen molar-refractivity contribution in [2.75, 3.05) is 0 Å². The van der Waals surface area contributed by atoms with Crippen LogP contribution in [0, 0.1) is 0 Å². The van der Waals surface area contributed by atoms with Crippen molar-refractivity contribution < 1.29 is 0 Å². The maximum Gasteiger partial charge on any atom is 0.276 e. The van der Waals surface area contributed by atoms with Crippen molar-refractivity contribution in [2.45, 2.75) is 0 Å². The van der Waals surface area contributed by atoms with Crippen molar-refractivity contribution >= 4 is 75.1 Å². The third-order valence-electron chi connectivity index (χ3n) is 4.00. The molecule has 0 fully saturated rings. The van der Waals surface area contributed by atoms with Gasteiger partial charge in [0.2, 0.25) is 0 Å². The number of fused-ring (bicyclic) bond motifs is 4. The minimum atomic E-state index is -0.237. The number of pyridine rings is 2. The van der Waals surface area contributed by atoms with E-state index in [4.69, 9.17) is 0 Å². The van der Waals surface area contributed by atoms with E-state index < -0.39 is 0 Å². The van der Waals surface area contributed by atoms with Crippen molar-refractivity contribution in [1.82, 2.24) is 4.40 Å². The zero-order valence-corrected chi connectivity index (χ0v) is 14.1. The van der Waals surface area contributed by atoms with Gasteiger partial charge >= 0.3 is 0 Å². The standard InChI is InChI=1S/C16H6BrNO2S2/c17-14-10-9-5-6-21-13(9)16(20)18-11(10)12(22-14)7-3-1-2-4-8(7)15(18)19/h1-6H. The molecule has 5 aromatic rings. The Morgan fingerprint density at radius 3 is 2.50 bits per heavy atom. The first-order valence-corrected chi connectivity index (χ1v) is 9.05. The molecule has 1 aromatic carbocycles. The number of benzene rings is 1. The average molecular weight is 388 g/mol. The zero-order chi connectivity index (χ0) is 15.0. The van der Waals surface area contributed by atoms with Crippen LogP contribution in [0.5, 0.6) is 0 Å². The van der Waals surface area contributed by atoms with E-state index in [1.54, 1.807) is 17.4 Å². The highest BCUT2D eigenvalue weighted by Crippen LogP contribution is 2.42. The number of thiophene rings is 2. The normalized spacial score (nSPS) is 12.2. The molecular formula is C16H6BrNO2S2. The molecule has 0 amide bonds. The Labute approximate surface area is 139 Å². The first-order valence-electron chi connectivity index (χ1n) is 6.57. The highest BCUT2D eigenvalue weighted by atomic mass is 79.9. The molecule has 0 unspecified atom stereocenters. The van der Waals surface area contributed by atoms with Crippen molar-refractivity contribution in [1.29, 1.82) is 0 Å². The van der Waals surface area contributed by atoms with Crippen LogP contribution in [-0.4, -0.2) is 4.40 Å². The van der Waals surface area contributed by atoms with Crippen LogP contribution in [0.3, 0.4) is 0 Å². The number of rotatable bonds is 0. The Bertz CT molecular complexity index is 1330. The van der Waals surface area contributed by atoms with Gasteiger partial charge in [-0.2, -0.15) is 0 Å². The van der Waals surface area contributed by atoms with Gasteiger partial charge in [0.15, 0.2) is 0 Å². The molecule has 0 saturated carbocycles. The molecule has 106 valence electrons. The lowest BCUT2D eigenvalue weighted by Gasteiger charge is -2.05. The molecule has 0 atom stereocenters. The summed E-state index contributed by atoms with van der Waals surface area (Å²) in [7, 11) is 0. The Balaban J connectivity index is 2.36. The monoisotopic (exact) mass is 387 g/mol. The largest absolute Gasteiger partial charge is 0.276 e. The van der Waals surface area contributed by atoms with Crippen LogP contribution >= 0.6 is 38.6 Å². The summed E-state index contributed by atoms with van der Waals surface area (Å²) in [6.07, 6.45) is 0. The second-order valence-electron chi connectivity index (χ2n) is 5.08. The summed E-state index contributed by atoms with van der Waals surface area (Å²) in [6, 6.07) is 9.42. The Kier molecular flexibility index (Phi) is 2.41. The molecule has 3 nitrogen and oxygen atoms in total. The van der Waals surface area contributed by atoms with Gasteiger partial charge < -0.3 is 0 Å². The lowest BCUT2D eigenvalue weighted by molar-refractivity contribution is 1.09. The first-order chi connectivity index (χ1) is 10.7. The summed E-state index contributed by atoms with van der Waals surface area (Å²) in [6.45, 7) is 0. The van der Waals surface area contributed by atoms with Gasteiger partial charge in [0.05, 0.1) is 14.0 Å². The molecule has 0 saturated heterocycles. The molecule has 0 aliphatic rings. The van der Waals surface area contributed by atoms with Crippen LogP contribution in [0.15, 0.2) is 49.1 Å². The van der Waals surface area contributed by atoms with Crippen LogP contribution < -0.4 is 11.1 Å². The van der Waals surface area contributed by atoms with Crippen LogP contribution in [0.4, 0.5) is 0 Å². The molecule has 0 bridgehead atoms. The highest BCUT2D eigenvalue weighted by molar-refractivity contribution is 9.11. The minimum absolute atomic E-state index is 0.219. The molecule has 4 heterocycles. The second kappa shape index (κ2) is 4.16. The smallest absolute Gasteiger partial charge is 0.268 e. The van der Waals surface area contributed by atoms with Crippen LogP contribution in [0.2, 0.25) is 0 Å². The first kappa shape index (κ1) is 12.8. The third kappa shape index (κ3) is 1.36.